The van der Waals surface area contributed by atoms with Crippen LogP contribution in [0.3, 0.4) is 0 Å². The number of esters is 2. The lowest BCUT2D eigenvalue weighted by atomic mass is 10.0. The van der Waals surface area contributed by atoms with Crippen LogP contribution in [0, 0.1) is 5.82 Å². The van der Waals surface area contributed by atoms with Crippen molar-refractivity contribution in [3.05, 3.63) is 29.1 Å². The van der Waals surface area contributed by atoms with Crippen LogP contribution in [-0.2, 0) is 9.53 Å². The number of rotatable bonds is 4. The first kappa shape index (κ1) is 18.6. The van der Waals surface area contributed by atoms with Crippen molar-refractivity contribution in [2.45, 2.75) is 43.9 Å². The molecule has 2 fully saturated rings. The summed E-state index contributed by atoms with van der Waals surface area (Å²) in [4.78, 5) is 22.6. The molecule has 1 atom stereocenters. The highest BCUT2D eigenvalue weighted by Gasteiger charge is 2.43. The van der Waals surface area contributed by atoms with E-state index in [-0.39, 0.29) is 17.8 Å². The van der Waals surface area contributed by atoms with Crippen LogP contribution >= 0.6 is 0 Å². The normalized spacial score (nSPS) is 20.5. The summed E-state index contributed by atoms with van der Waals surface area (Å²) in [5.74, 6) is -5.11. The van der Waals surface area contributed by atoms with Crippen LogP contribution in [0.5, 0.6) is 5.75 Å². The number of piperidine rings is 1. The molecule has 1 N–H and O–H groups in total. The van der Waals surface area contributed by atoms with Gasteiger partial charge in [0.25, 0.3) is 0 Å². The third-order valence-corrected chi connectivity index (χ3v) is 4.30. The fourth-order valence-corrected chi connectivity index (χ4v) is 2.84. The van der Waals surface area contributed by atoms with Crippen LogP contribution in [0.4, 0.5) is 17.6 Å². The summed E-state index contributed by atoms with van der Waals surface area (Å²) in [6.45, 7) is 1.48. The fraction of sp³-hybridized carbons (Fsp3) is 0.529. The van der Waals surface area contributed by atoms with Crippen LogP contribution in [0.15, 0.2) is 12.1 Å². The summed E-state index contributed by atoms with van der Waals surface area (Å²) in [6, 6.07) is 2.11. The van der Waals surface area contributed by atoms with Gasteiger partial charge in [0.05, 0.1) is 5.56 Å². The Morgan fingerprint density at radius 2 is 1.88 bits per heavy atom. The van der Waals surface area contributed by atoms with E-state index in [4.69, 9.17) is 4.74 Å². The lowest BCUT2D eigenvalue weighted by Gasteiger charge is -2.25. The number of halogens is 4. The highest BCUT2D eigenvalue weighted by molar-refractivity contribution is 5.98. The third kappa shape index (κ3) is 4.32. The van der Waals surface area contributed by atoms with Crippen molar-refractivity contribution >= 4 is 11.9 Å². The molecule has 1 unspecified atom stereocenters. The average molecular weight is 375 g/mol. The van der Waals surface area contributed by atoms with Gasteiger partial charge in [0.2, 0.25) is 0 Å². The molecule has 1 heterocycles. The van der Waals surface area contributed by atoms with Crippen molar-refractivity contribution in [3.8, 4) is 5.75 Å². The summed E-state index contributed by atoms with van der Waals surface area (Å²) < 4.78 is 60.5. The number of alkyl halides is 3. The molecule has 1 saturated carbocycles. The molecule has 1 aliphatic carbocycles. The van der Waals surface area contributed by atoms with Gasteiger partial charge in [-0.2, -0.15) is 13.2 Å². The molecule has 0 bridgehead atoms. The zero-order valence-electron chi connectivity index (χ0n) is 13.7. The molecule has 0 spiro atoms. The lowest BCUT2D eigenvalue weighted by molar-refractivity contribution is -0.193. The molecule has 1 aromatic rings. The van der Waals surface area contributed by atoms with Crippen LogP contribution in [-0.4, -0.2) is 37.3 Å². The lowest BCUT2D eigenvalue weighted by Crippen LogP contribution is -2.37. The number of carbonyl (C=O) groups is 2. The zero-order valence-corrected chi connectivity index (χ0v) is 13.7. The molecule has 1 aromatic carbocycles. The van der Waals surface area contributed by atoms with Crippen LogP contribution in [0.2, 0.25) is 0 Å². The standard InChI is InChI=1S/C17H17F4NO4/c18-13-7-14(25-10-2-1-5-22-8-10)11(9-3-4-9)6-12(13)15(23)26-16(24)17(19,20)21/h6-7,9-10,22H,1-5,8H2. The quantitative estimate of drug-likeness (QED) is 0.498. The first-order valence-electron chi connectivity index (χ1n) is 8.30. The molecule has 26 heavy (non-hydrogen) atoms. The van der Waals surface area contributed by atoms with Gasteiger partial charge in [-0.3, -0.25) is 0 Å². The second-order valence-corrected chi connectivity index (χ2v) is 6.41. The Labute approximate surface area is 146 Å². The van der Waals surface area contributed by atoms with Gasteiger partial charge in [0.1, 0.15) is 17.7 Å². The van der Waals surface area contributed by atoms with Crippen LogP contribution in [0.25, 0.3) is 0 Å². The van der Waals surface area contributed by atoms with Gasteiger partial charge in [0, 0.05) is 12.6 Å². The van der Waals surface area contributed by atoms with Crippen molar-refractivity contribution in [2.75, 3.05) is 13.1 Å². The second kappa shape index (κ2) is 7.22. The highest BCUT2D eigenvalue weighted by atomic mass is 19.4. The van der Waals surface area contributed by atoms with Gasteiger partial charge < -0.3 is 14.8 Å². The van der Waals surface area contributed by atoms with Gasteiger partial charge in [0.15, 0.2) is 0 Å². The first-order valence-corrected chi connectivity index (χ1v) is 8.30. The molecule has 0 aromatic heterocycles. The van der Waals surface area contributed by atoms with E-state index in [0.29, 0.717) is 12.1 Å². The summed E-state index contributed by atoms with van der Waals surface area (Å²) in [7, 11) is 0. The van der Waals surface area contributed by atoms with Crippen molar-refractivity contribution in [1.29, 1.82) is 0 Å². The summed E-state index contributed by atoms with van der Waals surface area (Å²) in [6.07, 6.45) is -2.16. The first-order chi connectivity index (χ1) is 12.3. The van der Waals surface area contributed by atoms with Crippen LogP contribution in [0.1, 0.15) is 47.5 Å². The number of nitrogens with one attached hydrogen (secondary N) is 1. The van der Waals surface area contributed by atoms with E-state index in [0.717, 1.165) is 44.4 Å². The van der Waals surface area contributed by atoms with E-state index < -0.39 is 29.5 Å². The molecular formula is C17H17F4NO4. The molecule has 1 saturated heterocycles. The van der Waals surface area contributed by atoms with Crippen molar-refractivity contribution in [1.82, 2.24) is 5.32 Å². The zero-order chi connectivity index (χ0) is 18.9. The Morgan fingerprint density at radius 3 is 2.46 bits per heavy atom. The number of benzene rings is 1. The topological polar surface area (TPSA) is 64.6 Å². The Kier molecular flexibility index (Phi) is 5.17. The summed E-state index contributed by atoms with van der Waals surface area (Å²) >= 11 is 0. The minimum Gasteiger partial charge on any atom is -0.489 e. The number of ether oxygens (including phenoxy) is 2. The van der Waals surface area contributed by atoms with Crippen molar-refractivity contribution in [3.63, 3.8) is 0 Å². The molecule has 0 radical (unpaired) electrons. The van der Waals surface area contributed by atoms with Crippen molar-refractivity contribution < 1.29 is 36.6 Å². The predicted octanol–water partition coefficient (Wildman–Crippen LogP) is 3.08. The minimum absolute atomic E-state index is 0.0482. The minimum atomic E-state index is -5.33. The van der Waals surface area contributed by atoms with E-state index in [1.165, 1.54) is 0 Å². The predicted molar refractivity (Wildman–Crippen MR) is 81.4 cm³/mol. The number of hydrogen-bond donors (Lipinski definition) is 1. The van der Waals surface area contributed by atoms with E-state index in [1.807, 2.05) is 0 Å². The van der Waals surface area contributed by atoms with Gasteiger partial charge in [-0.05, 0) is 49.8 Å². The largest absolute Gasteiger partial charge is 0.491 e. The average Bonchev–Trinajstić information content (AvgIpc) is 3.39. The van der Waals surface area contributed by atoms with Gasteiger partial charge >= 0.3 is 18.1 Å². The maximum Gasteiger partial charge on any atom is 0.491 e. The van der Waals surface area contributed by atoms with Gasteiger partial charge in [-0.1, -0.05) is 0 Å². The summed E-state index contributed by atoms with van der Waals surface area (Å²) in [5.41, 5.74) is -0.165. The van der Waals surface area contributed by atoms with E-state index >= 15 is 0 Å². The molecule has 3 rings (SSSR count). The maximum absolute atomic E-state index is 14.3. The molecule has 5 nitrogen and oxygen atoms in total. The molecule has 0 amide bonds. The molecule has 9 heteroatoms. The molecular weight excluding hydrogens is 358 g/mol. The Bertz CT molecular complexity index is 709. The van der Waals surface area contributed by atoms with Gasteiger partial charge in [-0.15, -0.1) is 0 Å². The number of hydrogen-bond acceptors (Lipinski definition) is 5. The van der Waals surface area contributed by atoms with E-state index in [1.54, 1.807) is 0 Å². The Morgan fingerprint density at radius 1 is 1.15 bits per heavy atom. The Balaban J connectivity index is 1.82. The molecule has 2 aliphatic rings. The second-order valence-electron chi connectivity index (χ2n) is 6.41. The Hall–Kier alpha value is -2.16. The number of carbonyl (C=O) groups excluding carboxylic acids is 2. The fourth-order valence-electron chi connectivity index (χ4n) is 2.84. The highest BCUT2D eigenvalue weighted by Crippen LogP contribution is 2.45. The smallest absolute Gasteiger partial charge is 0.489 e. The van der Waals surface area contributed by atoms with E-state index in [9.17, 15) is 27.2 Å². The van der Waals surface area contributed by atoms with E-state index in [2.05, 4.69) is 10.1 Å². The third-order valence-electron chi connectivity index (χ3n) is 4.30. The molecule has 142 valence electrons. The molecule has 1 aliphatic heterocycles. The maximum atomic E-state index is 14.3. The van der Waals surface area contributed by atoms with Gasteiger partial charge in [-0.25, -0.2) is 14.0 Å². The van der Waals surface area contributed by atoms with Crippen molar-refractivity contribution in [2.24, 2.45) is 0 Å². The monoisotopic (exact) mass is 375 g/mol. The summed E-state index contributed by atoms with van der Waals surface area (Å²) in [5, 5.41) is 3.16. The SMILES string of the molecule is O=C(OC(=O)C(F)(F)F)c1cc(C2CC2)c(OC2CCCNC2)cc1F. The van der Waals surface area contributed by atoms with Crippen LogP contribution < -0.4 is 10.1 Å².